The summed E-state index contributed by atoms with van der Waals surface area (Å²) in [5.41, 5.74) is 1.28. The molecule has 0 radical (unpaired) electrons. The van der Waals surface area contributed by atoms with E-state index in [1.807, 2.05) is 0 Å². The second-order valence-corrected chi connectivity index (χ2v) is 2.62. The molecule has 0 aromatic heterocycles. The Morgan fingerprint density at radius 1 is 1.56 bits per heavy atom. The van der Waals surface area contributed by atoms with E-state index in [1.54, 1.807) is 0 Å². The van der Waals surface area contributed by atoms with Gasteiger partial charge in [-0.15, -0.1) is 0 Å². The molecule has 0 atom stereocenters. The van der Waals surface area contributed by atoms with Crippen LogP contribution in [0.2, 0.25) is 0 Å². The molecule has 0 rings (SSSR count). The van der Waals surface area contributed by atoms with E-state index in [-0.39, 0.29) is 0 Å². The molecule has 0 aromatic carbocycles. The van der Waals surface area contributed by atoms with Gasteiger partial charge in [-0.3, -0.25) is 0 Å². The van der Waals surface area contributed by atoms with Gasteiger partial charge in [-0.25, -0.2) is 0 Å². The van der Waals surface area contributed by atoms with E-state index < -0.39 is 0 Å². The van der Waals surface area contributed by atoms with E-state index >= 15 is 0 Å². The molecule has 1 nitrogen and oxygen atoms in total. The summed E-state index contributed by atoms with van der Waals surface area (Å²) in [6.07, 6.45) is 2.23. The van der Waals surface area contributed by atoms with Crippen molar-refractivity contribution in [2.75, 3.05) is 6.54 Å². The number of hydrogen-bond acceptors (Lipinski definition) is 1. The first-order chi connectivity index (χ1) is 4.16. The van der Waals surface area contributed by atoms with Gasteiger partial charge in [0.05, 0.1) is 0 Å². The molecule has 1 N–H and O–H groups in total. The van der Waals surface area contributed by atoms with Gasteiger partial charge >= 0.3 is 0 Å². The highest BCUT2D eigenvalue weighted by Crippen LogP contribution is 1.97. The lowest BCUT2D eigenvalue weighted by atomic mass is 10.2. The van der Waals surface area contributed by atoms with E-state index in [2.05, 4.69) is 39.1 Å². The molecule has 0 aliphatic rings. The first-order valence-electron chi connectivity index (χ1n) is 3.59. The molecule has 0 saturated carbocycles. The zero-order chi connectivity index (χ0) is 7.28. The van der Waals surface area contributed by atoms with Crippen molar-refractivity contribution in [1.29, 1.82) is 0 Å². The van der Waals surface area contributed by atoms with Crippen LogP contribution in [0.1, 0.15) is 27.7 Å². The van der Waals surface area contributed by atoms with Crippen molar-refractivity contribution in [3.8, 4) is 0 Å². The van der Waals surface area contributed by atoms with Gasteiger partial charge in [-0.2, -0.15) is 0 Å². The smallest absolute Gasteiger partial charge is 0.0115 e. The van der Waals surface area contributed by atoms with Crippen molar-refractivity contribution < 1.29 is 0 Å². The van der Waals surface area contributed by atoms with E-state index in [4.69, 9.17) is 0 Å². The predicted molar refractivity (Wildman–Crippen MR) is 42.3 cm³/mol. The van der Waals surface area contributed by atoms with Gasteiger partial charge < -0.3 is 5.32 Å². The number of rotatable bonds is 3. The minimum absolute atomic E-state index is 0.657. The minimum Gasteiger partial charge on any atom is -0.389 e. The van der Waals surface area contributed by atoms with Gasteiger partial charge in [0.2, 0.25) is 0 Å². The summed E-state index contributed by atoms with van der Waals surface area (Å²) in [6.45, 7) is 9.60. The highest BCUT2D eigenvalue weighted by Gasteiger charge is 1.87. The maximum absolute atomic E-state index is 3.24. The molecule has 0 aliphatic heterocycles. The van der Waals surface area contributed by atoms with Crippen LogP contribution in [0.5, 0.6) is 0 Å². The molecule has 0 aromatic rings. The standard InChI is InChI=1S/C8H17N/c1-5-9-8(4)6-7(2)3/h6-7,9H,5H2,1-4H3/b8-6+. The van der Waals surface area contributed by atoms with Gasteiger partial charge in [0.1, 0.15) is 0 Å². The Morgan fingerprint density at radius 3 is 2.44 bits per heavy atom. The lowest BCUT2D eigenvalue weighted by molar-refractivity contribution is 0.778. The third kappa shape index (κ3) is 5.41. The summed E-state index contributed by atoms with van der Waals surface area (Å²) in [5, 5.41) is 3.24. The van der Waals surface area contributed by atoms with Crippen LogP contribution in [-0.2, 0) is 0 Å². The van der Waals surface area contributed by atoms with E-state index in [0.717, 1.165) is 6.54 Å². The van der Waals surface area contributed by atoms with Crippen LogP contribution < -0.4 is 5.32 Å². The molecule has 0 unspecified atom stereocenters. The Labute approximate surface area is 58.2 Å². The van der Waals surface area contributed by atoms with Crippen LogP contribution in [-0.4, -0.2) is 6.54 Å². The van der Waals surface area contributed by atoms with Gasteiger partial charge in [0, 0.05) is 12.2 Å². The third-order valence-electron chi connectivity index (χ3n) is 1.04. The van der Waals surface area contributed by atoms with E-state index in [0.29, 0.717) is 5.92 Å². The molecule has 0 aliphatic carbocycles. The Balaban J connectivity index is 3.55. The fraction of sp³-hybridized carbons (Fsp3) is 0.750. The SMILES string of the molecule is CCN/C(C)=C/C(C)C. The maximum atomic E-state index is 3.24. The van der Waals surface area contributed by atoms with Gasteiger partial charge in [0.25, 0.3) is 0 Å². The van der Waals surface area contributed by atoms with E-state index in [1.165, 1.54) is 5.70 Å². The first-order valence-corrected chi connectivity index (χ1v) is 3.59. The van der Waals surface area contributed by atoms with Crippen molar-refractivity contribution in [2.45, 2.75) is 27.7 Å². The van der Waals surface area contributed by atoms with Crippen molar-refractivity contribution in [1.82, 2.24) is 5.32 Å². The molecular formula is C8H17N. The predicted octanol–water partition coefficient (Wildman–Crippen LogP) is 2.16. The van der Waals surface area contributed by atoms with Crippen molar-refractivity contribution in [2.24, 2.45) is 5.92 Å². The Hall–Kier alpha value is -0.460. The Kier molecular flexibility index (Phi) is 4.20. The van der Waals surface area contributed by atoms with Gasteiger partial charge in [0.15, 0.2) is 0 Å². The molecular weight excluding hydrogens is 110 g/mol. The monoisotopic (exact) mass is 127 g/mol. The number of nitrogens with one attached hydrogen (secondary N) is 1. The maximum Gasteiger partial charge on any atom is 0.0115 e. The molecule has 0 spiro atoms. The molecule has 0 bridgehead atoms. The average Bonchev–Trinajstić information content (AvgIpc) is 1.63. The average molecular weight is 127 g/mol. The largest absolute Gasteiger partial charge is 0.389 e. The zero-order valence-electron chi connectivity index (χ0n) is 6.86. The molecule has 0 amide bonds. The highest BCUT2D eigenvalue weighted by molar-refractivity contribution is 4.96. The third-order valence-corrected chi connectivity index (χ3v) is 1.04. The first kappa shape index (κ1) is 8.54. The molecule has 0 heterocycles. The molecule has 0 fully saturated rings. The summed E-state index contributed by atoms with van der Waals surface area (Å²) in [6, 6.07) is 0. The van der Waals surface area contributed by atoms with Crippen molar-refractivity contribution in [3.05, 3.63) is 11.8 Å². The second kappa shape index (κ2) is 4.42. The second-order valence-electron chi connectivity index (χ2n) is 2.62. The summed E-state index contributed by atoms with van der Waals surface area (Å²) < 4.78 is 0. The summed E-state index contributed by atoms with van der Waals surface area (Å²) in [5.74, 6) is 0.657. The lowest BCUT2D eigenvalue weighted by Crippen LogP contribution is -2.09. The lowest BCUT2D eigenvalue weighted by Gasteiger charge is -2.03. The Bertz CT molecular complexity index is 92.7. The Morgan fingerprint density at radius 2 is 2.11 bits per heavy atom. The number of hydrogen-bond donors (Lipinski definition) is 1. The van der Waals surface area contributed by atoms with Crippen molar-refractivity contribution in [3.63, 3.8) is 0 Å². The fourth-order valence-electron chi connectivity index (χ4n) is 0.838. The minimum atomic E-state index is 0.657. The molecule has 1 heteroatoms. The quantitative estimate of drug-likeness (QED) is 0.612. The van der Waals surface area contributed by atoms with Crippen molar-refractivity contribution >= 4 is 0 Å². The summed E-state index contributed by atoms with van der Waals surface area (Å²) >= 11 is 0. The van der Waals surface area contributed by atoms with Crippen LogP contribution in [0.4, 0.5) is 0 Å². The normalized spacial score (nSPS) is 12.3. The van der Waals surface area contributed by atoms with Crippen LogP contribution in [0.15, 0.2) is 11.8 Å². The zero-order valence-corrected chi connectivity index (χ0v) is 6.86. The topological polar surface area (TPSA) is 12.0 Å². The van der Waals surface area contributed by atoms with Crippen LogP contribution in [0, 0.1) is 5.92 Å². The van der Waals surface area contributed by atoms with Gasteiger partial charge in [-0.1, -0.05) is 19.9 Å². The van der Waals surface area contributed by atoms with Crippen LogP contribution >= 0.6 is 0 Å². The summed E-state index contributed by atoms with van der Waals surface area (Å²) in [7, 11) is 0. The molecule has 54 valence electrons. The fourth-order valence-corrected chi connectivity index (χ4v) is 0.838. The number of allylic oxidation sites excluding steroid dienone is 2. The van der Waals surface area contributed by atoms with Crippen LogP contribution in [0.3, 0.4) is 0 Å². The highest BCUT2D eigenvalue weighted by atomic mass is 14.9. The summed E-state index contributed by atoms with van der Waals surface area (Å²) in [4.78, 5) is 0. The van der Waals surface area contributed by atoms with E-state index in [9.17, 15) is 0 Å². The van der Waals surface area contributed by atoms with Gasteiger partial charge in [-0.05, 0) is 19.8 Å². The molecule has 0 saturated heterocycles. The molecule has 9 heavy (non-hydrogen) atoms. The van der Waals surface area contributed by atoms with Crippen LogP contribution in [0.25, 0.3) is 0 Å².